The first kappa shape index (κ1) is 37.3. The number of aromatic hydroxyl groups is 1. The molecule has 0 saturated carbocycles. The van der Waals surface area contributed by atoms with Crippen molar-refractivity contribution in [3.05, 3.63) is 86.5 Å². The average molecular weight is 661 g/mol. The number of hydrogen-bond acceptors (Lipinski definition) is 4. The third kappa shape index (κ3) is 8.73. The van der Waals surface area contributed by atoms with Crippen molar-refractivity contribution in [3.63, 3.8) is 0 Å². The molecule has 47 heavy (non-hydrogen) atoms. The molecule has 0 fully saturated rings. The van der Waals surface area contributed by atoms with Gasteiger partial charge in [0.2, 0.25) is 0 Å². The minimum Gasteiger partial charge on any atom is -0.507 e. The Morgan fingerprint density at radius 2 is 0.979 bits per heavy atom. The Kier molecular flexibility index (Phi) is 10.9. The molecule has 0 atom stereocenters. The standard InChI is InChI=1S/C42H61O4P/c1-15-27-20-30-26-31-21-28(16-2)23-35(42(12,13)14)38(31)46-47(45-37(30)34(22-27)41(9,10)11)44-19-17-18-29-24-32(39(3,4)5)36(43)33(25-29)40(6,7)8/h20-25,43H,15-19,26H2,1-14H3. The van der Waals surface area contributed by atoms with Crippen LogP contribution in [0.1, 0.15) is 153 Å². The molecule has 0 spiro atoms. The fourth-order valence-electron chi connectivity index (χ4n) is 6.33. The normalized spacial score (nSPS) is 14.5. The van der Waals surface area contributed by atoms with Crippen molar-refractivity contribution in [3.8, 4) is 17.2 Å². The van der Waals surface area contributed by atoms with Gasteiger partial charge in [-0.15, -0.1) is 0 Å². The van der Waals surface area contributed by atoms with Gasteiger partial charge in [0.1, 0.15) is 17.2 Å². The van der Waals surface area contributed by atoms with Gasteiger partial charge in [-0.1, -0.05) is 133 Å². The maximum atomic E-state index is 11.2. The van der Waals surface area contributed by atoms with Gasteiger partial charge < -0.3 is 14.2 Å². The van der Waals surface area contributed by atoms with Crippen LogP contribution in [-0.4, -0.2) is 11.7 Å². The molecule has 0 aliphatic carbocycles. The second-order valence-corrected chi connectivity index (χ2v) is 18.6. The van der Waals surface area contributed by atoms with Crippen molar-refractivity contribution in [1.29, 1.82) is 0 Å². The Hall–Kier alpha value is -2.55. The third-order valence-corrected chi connectivity index (χ3v) is 10.2. The van der Waals surface area contributed by atoms with Crippen LogP contribution in [0.3, 0.4) is 0 Å². The minimum absolute atomic E-state index is 0.103. The van der Waals surface area contributed by atoms with E-state index in [4.69, 9.17) is 13.6 Å². The Bertz CT molecular complexity index is 1470. The van der Waals surface area contributed by atoms with Gasteiger partial charge in [-0.25, -0.2) is 0 Å². The van der Waals surface area contributed by atoms with Crippen LogP contribution in [0.25, 0.3) is 0 Å². The van der Waals surface area contributed by atoms with Crippen molar-refractivity contribution in [2.75, 3.05) is 6.61 Å². The van der Waals surface area contributed by atoms with Crippen molar-refractivity contribution < 1.29 is 18.7 Å². The first-order valence-corrected chi connectivity index (χ1v) is 18.7. The molecule has 0 saturated heterocycles. The second-order valence-electron chi connectivity index (χ2n) is 17.5. The van der Waals surface area contributed by atoms with Gasteiger partial charge in [0.25, 0.3) is 0 Å². The molecule has 0 aromatic heterocycles. The van der Waals surface area contributed by atoms with E-state index < -0.39 is 8.60 Å². The van der Waals surface area contributed by atoms with Crippen molar-refractivity contribution >= 4 is 8.60 Å². The summed E-state index contributed by atoms with van der Waals surface area (Å²) in [4.78, 5) is 0. The van der Waals surface area contributed by atoms with E-state index in [1.165, 1.54) is 38.9 Å². The Balaban J connectivity index is 1.72. The largest absolute Gasteiger partial charge is 0.507 e. The summed E-state index contributed by atoms with van der Waals surface area (Å²) in [6, 6.07) is 13.6. The highest BCUT2D eigenvalue weighted by Crippen LogP contribution is 2.52. The van der Waals surface area contributed by atoms with Crippen molar-refractivity contribution in [2.24, 2.45) is 0 Å². The lowest BCUT2D eigenvalue weighted by Crippen LogP contribution is -2.19. The molecule has 1 aliphatic rings. The van der Waals surface area contributed by atoms with Crippen LogP contribution in [0, 0.1) is 0 Å². The first-order chi connectivity index (χ1) is 21.6. The van der Waals surface area contributed by atoms with Gasteiger partial charge in [0.05, 0.1) is 6.61 Å². The highest BCUT2D eigenvalue weighted by Gasteiger charge is 2.33. The molecular weight excluding hydrogens is 599 g/mol. The number of aryl methyl sites for hydroxylation is 3. The molecule has 3 aromatic carbocycles. The maximum Gasteiger partial charge on any atom is 0.463 e. The average Bonchev–Trinajstić information content (AvgIpc) is 2.93. The number of hydrogen-bond donors (Lipinski definition) is 1. The summed E-state index contributed by atoms with van der Waals surface area (Å²) in [5, 5.41) is 11.2. The van der Waals surface area contributed by atoms with Crippen molar-refractivity contribution in [1.82, 2.24) is 0 Å². The van der Waals surface area contributed by atoms with Gasteiger partial charge >= 0.3 is 8.60 Å². The number of rotatable bonds is 7. The third-order valence-electron chi connectivity index (χ3n) is 9.19. The van der Waals surface area contributed by atoms with E-state index >= 15 is 0 Å². The predicted molar refractivity (Wildman–Crippen MR) is 200 cm³/mol. The lowest BCUT2D eigenvalue weighted by Gasteiger charge is -2.32. The lowest BCUT2D eigenvalue weighted by molar-refractivity contribution is 0.257. The number of phenolic OH excluding ortho intramolecular Hbond substituents is 1. The van der Waals surface area contributed by atoms with E-state index in [0.717, 1.165) is 54.7 Å². The molecule has 1 heterocycles. The second kappa shape index (κ2) is 13.8. The summed E-state index contributed by atoms with van der Waals surface area (Å²) < 4.78 is 20.3. The summed E-state index contributed by atoms with van der Waals surface area (Å²) in [6.07, 6.45) is 4.35. The van der Waals surface area contributed by atoms with E-state index in [0.29, 0.717) is 12.4 Å². The summed E-state index contributed by atoms with van der Waals surface area (Å²) >= 11 is 0. The van der Waals surface area contributed by atoms with Gasteiger partial charge in [0.15, 0.2) is 0 Å². The topological polar surface area (TPSA) is 47.9 Å². The number of fused-ring (bicyclic) bond motifs is 2. The first-order valence-electron chi connectivity index (χ1n) is 17.6. The summed E-state index contributed by atoms with van der Waals surface area (Å²) in [6.45, 7) is 31.4. The van der Waals surface area contributed by atoms with Gasteiger partial charge in [-0.3, -0.25) is 4.52 Å². The molecule has 0 bridgehead atoms. The monoisotopic (exact) mass is 660 g/mol. The Labute approximate surface area is 287 Å². The molecule has 3 aromatic rings. The van der Waals surface area contributed by atoms with Crippen LogP contribution in [0.2, 0.25) is 0 Å². The minimum atomic E-state index is -1.72. The summed E-state index contributed by atoms with van der Waals surface area (Å²) in [5.74, 6) is 2.24. The van der Waals surface area contributed by atoms with E-state index in [1.54, 1.807) is 0 Å². The van der Waals surface area contributed by atoms with Crippen LogP contribution in [0.15, 0.2) is 36.4 Å². The number of phenols is 1. The van der Waals surface area contributed by atoms with Crippen LogP contribution in [0.4, 0.5) is 0 Å². The quantitative estimate of drug-likeness (QED) is 0.202. The molecule has 258 valence electrons. The molecular formula is C42H61O4P. The molecule has 4 nitrogen and oxygen atoms in total. The van der Waals surface area contributed by atoms with Crippen LogP contribution in [-0.2, 0) is 51.9 Å². The lowest BCUT2D eigenvalue weighted by atomic mass is 9.78. The van der Waals surface area contributed by atoms with E-state index in [1.807, 2.05) is 0 Å². The van der Waals surface area contributed by atoms with Crippen molar-refractivity contribution in [2.45, 2.75) is 151 Å². The smallest absolute Gasteiger partial charge is 0.463 e. The number of benzene rings is 3. The zero-order chi connectivity index (χ0) is 35.1. The van der Waals surface area contributed by atoms with Gasteiger partial charge in [-0.05, 0) is 86.3 Å². The molecule has 0 radical (unpaired) electrons. The zero-order valence-corrected chi connectivity index (χ0v) is 32.7. The highest BCUT2D eigenvalue weighted by atomic mass is 31.2. The molecule has 1 N–H and O–H groups in total. The molecule has 1 aliphatic heterocycles. The predicted octanol–water partition coefficient (Wildman–Crippen LogP) is 11.9. The highest BCUT2D eigenvalue weighted by molar-refractivity contribution is 7.42. The summed E-state index contributed by atoms with van der Waals surface area (Å²) in [7, 11) is -1.72. The zero-order valence-electron chi connectivity index (χ0n) is 31.8. The summed E-state index contributed by atoms with van der Waals surface area (Å²) in [5.41, 5.74) is 10.1. The Morgan fingerprint density at radius 3 is 1.34 bits per heavy atom. The molecule has 4 rings (SSSR count). The van der Waals surface area contributed by atoms with Crippen LogP contribution >= 0.6 is 8.60 Å². The van der Waals surface area contributed by atoms with Crippen LogP contribution < -0.4 is 9.05 Å². The van der Waals surface area contributed by atoms with Gasteiger partial charge in [-0.2, -0.15) is 0 Å². The SMILES string of the molecule is CCc1cc2c(c(C(C)(C)C)c1)OP(OCCCc1cc(C(C)(C)C)c(O)c(C(C)(C)C)c1)Oc1c(cc(CC)cc1C(C)(C)C)C2. The fraction of sp³-hybridized carbons (Fsp3) is 0.571. The molecule has 5 heteroatoms. The molecule has 0 amide bonds. The Morgan fingerprint density at radius 1 is 0.596 bits per heavy atom. The van der Waals surface area contributed by atoms with Crippen LogP contribution in [0.5, 0.6) is 17.2 Å². The van der Waals surface area contributed by atoms with E-state index in [2.05, 4.69) is 133 Å². The molecule has 0 unspecified atom stereocenters. The van der Waals surface area contributed by atoms with E-state index in [9.17, 15) is 5.11 Å². The maximum absolute atomic E-state index is 11.2. The van der Waals surface area contributed by atoms with E-state index in [-0.39, 0.29) is 21.7 Å². The fourth-order valence-corrected chi connectivity index (χ4v) is 7.48. The van der Waals surface area contributed by atoms with Gasteiger partial charge in [0, 0.05) is 17.5 Å².